The molecule has 0 bridgehead atoms. The van der Waals surface area contributed by atoms with Gasteiger partial charge in [0.05, 0.1) is 0 Å². The van der Waals surface area contributed by atoms with E-state index in [1.54, 1.807) is 12.1 Å². The van der Waals surface area contributed by atoms with Crippen LogP contribution < -0.4 is 0 Å². The van der Waals surface area contributed by atoms with Gasteiger partial charge < -0.3 is 0 Å². The van der Waals surface area contributed by atoms with Gasteiger partial charge in [-0.15, -0.1) is 0 Å². The minimum absolute atomic E-state index is 0.0671. The highest BCUT2D eigenvalue weighted by atomic mass is 19.4. The number of hydrogen-bond acceptors (Lipinski definition) is 0. The van der Waals surface area contributed by atoms with Crippen molar-refractivity contribution in [3.8, 4) is 11.1 Å². The molecule has 4 aromatic carbocycles. The van der Waals surface area contributed by atoms with Gasteiger partial charge in [0, 0.05) is 0 Å². The van der Waals surface area contributed by atoms with E-state index < -0.39 is 23.4 Å². The first kappa shape index (κ1) is 22.3. The molecule has 0 fully saturated rings. The lowest BCUT2D eigenvalue weighted by atomic mass is 9.95. The fourth-order valence-electron chi connectivity index (χ4n) is 4.22. The number of benzene rings is 4. The van der Waals surface area contributed by atoms with Crippen LogP contribution in [0.1, 0.15) is 43.7 Å². The Morgan fingerprint density at radius 1 is 0.656 bits per heavy atom. The van der Waals surface area contributed by atoms with E-state index in [1.807, 2.05) is 18.2 Å². The number of alkyl halides is 3. The van der Waals surface area contributed by atoms with E-state index in [9.17, 15) is 22.0 Å². The number of rotatable bonds is 6. The van der Waals surface area contributed by atoms with Crippen molar-refractivity contribution in [1.82, 2.24) is 0 Å². The van der Waals surface area contributed by atoms with Crippen LogP contribution >= 0.6 is 0 Å². The number of hydrogen-bond donors (Lipinski definition) is 0. The van der Waals surface area contributed by atoms with E-state index in [2.05, 4.69) is 25.1 Å². The molecule has 4 rings (SSSR count). The van der Waals surface area contributed by atoms with E-state index in [0.29, 0.717) is 5.56 Å². The zero-order valence-electron chi connectivity index (χ0n) is 17.7. The summed E-state index contributed by atoms with van der Waals surface area (Å²) < 4.78 is 66.6. The third-order valence-electron chi connectivity index (χ3n) is 5.88. The number of unbranched alkanes of at least 4 members (excludes halogenated alkanes) is 3. The van der Waals surface area contributed by atoms with E-state index in [1.165, 1.54) is 24.8 Å². The van der Waals surface area contributed by atoms with Gasteiger partial charge >= 0.3 is 6.18 Å². The number of aryl methyl sites for hydroxylation is 1. The first-order valence-corrected chi connectivity index (χ1v) is 10.8. The molecule has 0 aliphatic rings. The molecule has 0 atom stereocenters. The average molecular weight is 442 g/mol. The monoisotopic (exact) mass is 442 g/mol. The first-order chi connectivity index (χ1) is 15.3. The largest absolute Gasteiger partial charge is 0.422 e. The average Bonchev–Trinajstić information content (AvgIpc) is 2.74. The minimum Gasteiger partial charge on any atom is -0.206 e. The van der Waals surface area contributed by atoms with Gasteiger partial charge in [0.1, 0.15) is 17.2 Å². The summed E-state index contributed by atoms with van der Waals surface area (Å²) in [5.74, 6) is -3.23. The number of halogens is 5. The standard InChI is InChI=1S/C27H23F5/c1-2-3-4-5-6-17-7-11-22-19(13-17)8-9-20-14-18(10-12-23(20)22)21-15-24(28)26(25(29)16-21)27(30,31)32/h7-16H,2-6H2,1H3. The molecule has 166 valence electrons. The third-order valence-corrected chi connectivity index (χ3v) is 5.88. The van der Waals surface area contributed by atoms with Crippen molar-refractivity contribution in [2.45, 2.75) is 45.2 Å². The molecule has 32 heavy (non-hydrogen) atoms. The highest BCUT2D eigenvalue weighted by Gasteiger charge is 2.37. The quantitative estimate of drug-likeness (QED) is 0.159. The van der Waals surface area contributed by atoms with Gasteiger partial charge in [-0.25, -0.2) is 8.78 Å². The molecule has 0 nitrogen and oxygen atoms in total. The number of fused-ring (bicyclic) bond motifs is 3. The van der Waals surface area contributed by atoms with Gasteiger partial charge in [0.25, 0.3) is 0 Å². The van der Waals surface area contributed by atoms with Crippen molar-refractivity contribution in [2.24, 2.45) is 0 Å². The maximum Gasteiger partial charge on any atom is 0.422 e. The van der Waals surface area contributed by atoms with Crippen molar-refractivity contribution in [2.75, 3.05) is 0 Å². The topological polar surface area (TPSA) is 0 Å². The Bertz CT molecular complexity index is 1250. The molecule has 0 amide bonds. The fraction of sp³-hybridized carbons (Fsp3) is 0.259. The Kier molecular flexibility index (Phi) is 6.18. The predicted molar refractivity (Wildman–Crippen MR) is 120 cm³/mol. The molecule has 0 saturated carbocycles. The zero-order valence-corrected chi connectivity index (χ0v) is 17.7. The second-order valence-corrected chi connectivity index (χ2v) is 8.18. The first-order valence-electron chi connectivity index (χ1n) is 10.8. The van der Waals surface area contributed by atoms with Crippen LogP contribution in [-0.4, -0.2) is 0 Å². The Morgan fingerprint density at radius 3 is 1.91 bits per heavy atom. The summed E-state index contributed by atoms with van der Waals surface area (Å²) in [6.45, 7) is 2.19. The van der Waals surface area contributed by atoms with Crippen LogP contribution in [0.4, 0.5) is 22.0 Å². The zero-order chi connectivity index (χ0) is 22.9. The molecule has 0 heterocycles. The van der Waals surface area contributed by atoms with Gasteiger partial charge in [-0.3, -0.25) is 0 Å². The lowest BCUT2D eigenvalue weighted by molar-refractivity contribution is -0.142. The molecular formula is C27H23F5. The molecule has 0 saturated heterocycles. The summed E-state index contributed by atoms with van der Waals surface area (Å²) in [7, 11) is 0. The lowest BCUT2D eigenvalue weighted by Crippen LogP contribution is -2.11. The predicted octanol–water partition coefficient (Wildman–Crippen LogP) is 9.08. The highest BCUT2D eigenvalue weighted by Crippen LogP contribution is 2.37. The molecule has 0 radical (unpaired) electrons. The molecule has 5 heteroatoms. The second kappa shape index (κ2) is 8.89. The van der Waals surface area contributed by atoms with Gasteiger partial charge in [-0.1, -0.05) is 68.7 Å². The van der Waals surface area contributed by atoms with Crippen molar-refractivity contribution in [1.29, 1.82) is 0 Å². The Balaban J connectivity index is 1.68. The van der Waals surface area contributed by atoms with Gasteiger partial charge in [0.2, 0.25) is 0 Å². The minimum atomic E-state index is -5.08. The summed E-state index contributed by atoms with van der Waals surface area (Å²) in [6.07, 6.45) is 0.795. The fourth-order valence-corrected chi connectivity index (χ4v) is 4.22. The molecule has 0 unspecified atom stereocenters. The summed E-state index contributed by atoms with van der Waals surface area (Å²) in [5, 5.41) is 4.02. The van der Waals surface area contributed by atoms with Gasteiger partial charge in [-0.05, 0) is 69.3 Å². The summed E-state index contributed by atoms with van der Waals surface area (Å²) in [6, 6.07) is 17.1. The smallest absolute Gasteiger partial charge is 0.206 e. The van der Waals surface area contributed by atoms with Crippen LogP contribution in [-0.2, 0) is 12.6 Å². The maximum atomic E-state index is 14.0. The SMILES string of the molecule is CCCCCCc1ccc2c(ccc3cc(-c4cc(F)c(C(F)(F)F)c(F)c4)ccc32)c1. The van der Waals surface area contributed by atoms with Crippen LogP contribution in [0.2, 0.25) is 0 Å². The Hall–Kier alpha value is -2.95. The van der Waals surface area contributed by atoms with E-state index in [0.717, 1.165) is 46.5 Å². The third kappa shape index (κ3) is 4.47. The van der Waals surface area contributed by atoms with Gasteiger partial charge in [-0.2, -0.15) is 13.2 Å². The normalized spacial score (nSPS) is 12.1. The van der Waals surface area contributed by atoms with Crippen molar-refractivity contribution >= 4 is 21.5 Å². The van der Waals surface area contributed by atoms with Crippen molar-refractivity contribution < 1.29 is 22.0 Å². The molecule has 0 aromatic heterocycles. The Labute approximate surface area is 183 Å². The van der Waals surface area contributed by atoms with E-state index in [4.69, 9.17) is 0 Å². The molecule has 4 aromatic rings. The lowest BCUT2D eigenvalue weighted by Gasteiger charge is -2.12. The highest BCUT2D eigenvalue weighted by molar-refractivity contribution is 6.08. The van der Waals surface area contributed by atoms with Crippen LogP contribution in [0, 0.1) is 11.6 Å². The van der Waals surface area contributed by atoms with Crippen LogP contribution in [0.15, 0.2) is 60.7 Å². The van der Waals surface area contributed by atoms with Crippen LogP contribution in [0.25, 0.3) is 32.7 Å². The molecule has 0 aliphatic heterocycles. The maximum absolute atomic E-state index is 14.0. The molecule has 0 aliphatic carbocycles. The summed E-state index contributed by atoms with van der Waals surface area (Å²) in [5.41, 5.74) is -0.0489. The molecular weight excluding hydrogens is 419 g/mol. The summed E-state index contributed by atoms with van der Waals surface area (Å²) >= 11 is 0. The second-order valence-electron chi connectivity index (χ2n) is 8.18. The summed E-state index contributed by atoms with van der Waals surface area (Å²) in [4.78, 5) is 0. The van der Waals surface area contributed by atoms with Crippen molar-refractivity contribution in [3.05, 3.63) is 83.4 Å². The molecule has 0 spiro atoms. The van der Waals surface area contributed by atoms with Crippen molar-refractivity contribution in [3.63, 3.8) is 0 Å². The van der Waals surface area contributed by atoms with E-state index >= 15 is 0 Å². The van der Waals surface area contributed by atoms with Crippen LogP contribution in [0.5, 0.6) is 0 Å². The molecule has 0 N–H and O–H groups in total. The van der Waals surface area contributed by atoms with Crippen LogP contribution in [0.3, 0.4) is 0 Å². The van der Waals surface area contributed by atoms with Gasteiger partial charge in [0.15, 0.2) is 0 Å². The Morgan fingerprint density at radius 2 is 1.28 bits per heavy atom. The van der Waals surface area contributed by atoms with E-state index in [-0.39, 0.29) is 5.56 Å².